The Labute approximate surface area is 43.4 Å². The Morgan fingerprint density at radius 1 is 1.71 bits per heavy atom. The third kappa shape index (κ3) is 0.887. The molecule has 1 aliphatic rings. The van der Waals surface area contributed by atoms with E-state index in [1.54, 1.807) is 0 Å². The van der Waals surface area contributed by atoms with E-state index < -0.39 is 0 Å². The molecule has 0 saturated carbocycles. The minimum atomic E-state index is 0.319. The normalized spacial score (nSPS) is 18.0. The predicted molar refractivity (Wildman–Crippen MR) is 30.2 cm³/mol. The maximum Gasteiger partial charge on any atom is 0.332 e. The molecular weight excluding hydrogens is 86.9 g/mol. The highest BCUT2D eigenvalue weighted by atomic mass is 15.1. The largest absolute Gasteiger partial charge is 0.332 e. The molecule has 3 heteroatoms. The smallest absolute Gasteiger partial charge is 0.248 e. The van der Waals surface area contributed by atoms with Gasteiger partial charge < -0.3 is 0 Å². The van der Waals surface area contributed by atoms with Crippen molar-refractivity contribution in [3.05, 3.63) is 11.7 Å². The number of hydrogen-bond acceptors (Lipinski definition) is 2. The summed E-state index contributed by atoms with van der Waals surface area (Å²) in [7, 11) is 0. The van der Waals surface area contributed by atoms with Crippen molar-refractivity contribution in [2.75, 3.05) is 0 Å². The van der Waals surface area contributed by atoms with E-state index in [1.165, 1.54) is 0 Å². The fourth-order valence-corrected chi connectivity index (χ4v) is 0.598. The van der Waals surface area contributed by atoms with Gasteiger partial charge in [-0.05, 0) is 6.92 Å². The van der Waals surface area contributed by atoms with Crippen molar-refractivity contribution in [1.82, 2.24) is 0 Å². The quantitative estimate of drug-likeness (QED) is 0.406. The van der Waals surface area contributed by atoms with Crippen LogP contribution in [0.25, 0.3) is 0 Å². The highest BCUT2D eigenvalue weighted by Crippen LogP contribution is 2.06. The van der Waals surface area contributed by atoms with Crippen LogP contribution >= 0.6 is 0 Å². The summed E-state index contributed by atoms with van der Waals surface area (Å²) in [5.41, 5.74) is 1.03. The van der Waals surface area contributed by atoms with Crippen LogP contribution in [0.3, 0.4) is 0 Å². The molecule has 1 aliphatic heterocycles. The first-order valence-electron chi connectivity index (χ1n) is 2.38. The van der Waals surface area contributed by atoms with Crippen LogP contribution in [0.5, 0.6) is 0 Å². The zero-order valence-corrected chi connectivity index (χ0v) is 4.55. The van der Waals surface area contributed by atoms with Gasteiger partial charge in [-0.2, -0.15) is 5.11 Å². The van der Waals surface area contributed by atoms with E-state index in [2.05, 4.69) is 10.1 Å². The van der Waals surface area contributed by atoms with E-state index in [9.17, 15) is 0 Å². The van der Waals surface area contributed by atoms with E-state index >= 15 is 0 Å². The van der Waals surface area contributed by atoms with Crippen LogP contribution in [0.1, 0.15) is 6.92 Å². The van der Waals surface area contributed by atoms with Crippen LogP contribution in [-0.2, 0) is 0 Å². The molecule has 0 aromatic rings. The van der Waals surface area contributed by atoms with Crippen LogP contribution in [0.2, 0.25) is 6.82 Å². The second-order valence-corrected chi connectivity index (χ2v) is 1.76. The minimum absolute atomic E-state index is 0.319. The molecule has 0 aromatic carbocycles. The molecule has 0 atom stereocenters. The summed E-state index contributed by atoms with van der Waals surface area (Å²) in [6.07, 6.45) is 0. The van der Waals surface area contributed by atoms with Crippen LogP contribution in [-0.4, -0.2) is 6.85 Å². The van der Waals surface area contributed by atoms with Gasteiger partial charge >= 0.3 is 6.85 Å². The van der Waals surface area contributed by atoms with E-state index in [4.69, 9.17) is 0 Å². The maximum atomic E-state index is 3.85. The lowest BCUT2D eigenvalue weighted by atomic mass is 9.67. The van der Waals surface area contributed by atoms with Crippen LogP contribution in [0.15, 0.2) is 21.8 Å². The Hall–Kier alpha value is -0.595. The number of hydrogen-bond donors (Lipinski definition) is 0. The van der Waals surface area contributed by atoms with Crippen LogP contribution in [0, 0.1) is 0 Å². The highest BCUT2D eigenvalue weighted by molar-refractivity contribution is 6.61. The molecule has 0 saturated heterocycles. The molecule has 0 spiro atoms. The molecule has 0 fully saturated rings. The zero-order chi connectivity index (χ0) is 5.28. The Kier molecular flexibility index (Phi) is 0.967. The first-order valence-corrected chi connectivity index (χ1v) is 2.38. The van der Waals surface area contributed by atoms with Gasteiger partial charge in [0.15, 0.2) is 0 Å². The summed E-state index contributed by atoms with van der Waals surface area (Å²) in [5, 5.41) is 7.65. The maximum absolute atomic E-state index is 3.85. The molecule has 1 rings (SSSR count). The average molecular weight is 93.9 g/mol. The summed E-state index contributed by atoms with van der Waals surface area (Å²) in [6.45, 7) is 4.28. The fraction of sp³-hybridized carbons (Fsp3) is 0.500. The lowest BCUT2D eigenvalue weighted by Crippen LogP contribution is -1.91. The molecule has 0 aliphatic carbocycles. The third-order valence-corrected chi connectivity index (χ3v) is 0.880. The minimum Gasteiger partial charge on any atom is -0.248 e. The van der Waals surface area contributed by atoms with Gasteiger partial charge in [-0.1, -0.05) is 12.8 Å². The van der Waals surface area contributed by atoms with Gasteiger partial charge in [0.2, 0.25) is 0 Å². The topological polar surface area (TPSA) is 24.7 Å². The van der Waals surface area contributed by atoms with Crippen molar-refractivity contribution in [2.45, 2.75) is 13.7 Å². The number of nitrogens with zero attached hydrogens (tertiary/aromatic N) is 2. The Balaban J connectivity index is 2.69. The van der Waals surface area contributed by atoms with Crippen LogP contribution < -0.4 is 0 Å². The molecule has 0 amide bonds. The third-order valence-electron chi connectivity index (χ3n) is 0.880. The van der Waals surface area contributed by atoms with E-state index in [-0.39, 0.29) is 0 Å². The van der Waals surface area contributed by atoms with Crippen molar-refractivity contribution in [3.63, 3.8) is 0 Å². The monoisotopic (exact) mass is 94.1 g/mol. The molecular formula is C4H7BN2. The van der Waals surface area contributed by atoms with E-state index in [1.807, 2.05) is 19.7 Å². The van der Waals surface area contributed by atoms with Gasteiger partial charge in [-0.15, -0.1) is 0 Å². The molecule has 36 valence electrons. The molecule has 0 bridgehead atoms. The molecule has 0 radical (unpaired) electrons. The summed E-state index contributed by atoms with van der Waals surface area (Å²) in [6, 6.07) is 0. The van der Waals surface area contributed by atoms with Gasteiger partial charge in [0.05, 0.1) is 0 Å². The zero-order valence-electron chi connectivity index (χ0n) is 4.55. The number of allylic oxidation sites excluding steroid dienone is 1. The summed E-state index contributed by atoms with van der Waals surface area (Å²) in [5.74, 6) is 2.03. The Morgan fingerprint density at radius 3 is 2.57 bits per heavy atom. The molecule has 2 nitrogen and oxygen atoms in total. The highest BCUT2D eigenvalue weighted by Gasteiger charge is 2.06. The average Bonchev–Trinajstić information content (AvgIpc) is 1.87. The van der Waals surface area contributed by atoms with Gasteiger partial charge in [-0.3, -0.25) is 0 Å². The molecule has 7 heavy (non-hydrogen) atoms. The lowest BCUT2D eigenvalue weighted by molar-refractivity contribution is 1.21. The second kappa shape index (κ2) is 1.48. The molecule has 0 aromatic heterocycles. The van der Waals surface area contributed by atoms with E-state index in [0.29, 0.717) is 6.85 Å². The summed E-state index contributed by atoms with van der Waals surface area (Å²) >= 11 is 0. The van der Waals surface area contributed by atoms with E-state index in [0.717, 1.165) is 5.70 Å². The second-order valence-electron chi connectivity index (χ2n) is 1.76. The predicted octanol–water partition coefficient (Wildman–Crippen LogP) is 1.52. The Morgan fingerprint density at radius 2 is 2.43 bits per heavy atom. The summed E-state index contributed by atoms with van der Waals surface area (Å²) in [4.78, 5) is 0. The van der Waals surface area contributed by atoms with Gasteiger partial charge in [0, 0.05) is 5.70 Å². The van der Waals surface area contributed by atoms with Gasteiger partial charge in [0.1, 0.15) is 0 Å². The molecule has 0 N–H and O–H groups in total. The van der Waals surface area contributed by atoms with Gasteiger partial charge in [-0.25, -0.2) is 5.03 Å². The van der Waals surface area contributed by atoms with Crippen molar-refractivity contribution in [1.29, 1.82) is 0 Å². The van der Waals surface area contributed by atoms with Crippen molar-refractivity contribution in [3.8, 4) is 0 Å². The number of rotatable bonds is 0. The SMILES string of the molecule is CB1C=C(C)N=N1. The fourth-order valence-electron chi connectivity index (χ4n) is 0.598. The van der Waals surface area contributed by atoms with Crippen molar-refractivity contribution < 1.29 is 0 Å². The lowest BCUT2D eigenvalue weighted by Gasteiger charge is -1.73. The first-order chi connectivity index (χ1) is 3.29. The Bertz CT molecular complexity index is 128. The van der Waals surface area contributed by atoms with Crippen molar-refractivity contribution in [2.24, 2.45) is 10.1 Å². The molecule has 1 heterocycles. The van der Waals surface area contributed by atoms with Gasteiger partial charge in [0.25, 0.3) is 0 Å². The van der Waals surface area contributed by atoms with Crippen LogP contribution in [0.4, 0.5) is 0 Å². The first kappa shape index (κ1) is 4.56. The summed E-state index contributed by atoms with van der Waals surface area (Å²) < 4.78 is 0. The van der Waals surface area contributed by atoms with Crippen molar-refractivity contribution >= 4 is 6.85 Å². The standard InChI is InChI=1S/C4H7BN2/c1-4-3-5(2)7-6-4/h3H,1-2H3. The molecule has 0 unspecified atom stereocenters.